The summed E-state index contributed by atoms with van der Waals surface area (Å²) in [5.74, 6) is 0. The summed E-state index contributed by atoms with van der Waals surface area (Å²) >= 11 is 0. The second kappa shape index (κ2) is 4.07. The average molecular weight is 202 g/mol. The minimum absolute atomic E-state index is 0.759. The first-order valence-corrected chi connectivity index (χ1v) is 5.50. The lowest BCUT2D eigenvalue weighted by molar-refractivity contribution is 0.835. The van der Waals surface area contributed by atoms with Crippen molar-refractivity contribution in [3.8, 4) is 0 Å². The average Bonchev–Trinajstić information content (AvgIpc) is 2.70. The van der Waals surface area contributed by atoms with Crippen LogP contribution in [0.4, 0.5) is 0 Å². The summed E-state index contributed by atoms with van der Waals surface area (Å²) in [6.07, 6.45) is 4.13. The summed E-state index contributed by atoms with van der Waals surface area (Å²) in [6, 6.07) is 4.44. The molecule has 0 amide bonds. The molecular formula is C13H18N2. The topological polar surface area (TPSA) is 41.8 Å². The summed E-state index contributed by atoms with van der Waals surface area (Å²) in [4.78, 5) is 3.32. The second-order valence-electron chi connectivity index (χ2n) is 4.14. The van der Waals surface area contributed by atoms with Gasteiger partial charge in [-0.3, -0.25) is 0 Å². The van der Waals surface area contributed by atoms with Gasteiger partial charge >= 0.3 is 0 Å². The van der Waals surface area contributed by atoms with Crippen LogP contribution < -0.4 is 5.73 Å². The van der Waals surface area contributed by atoms with E-state index in [2.05, 4.69) is 31.0 Å². The highest BCUT2D eigenvalue weighted by Crippen LogP contribution is 2.25. The van der Waals surface area contributed by atoms with Crippen molar-refractivity contribution in [1.82, 2.24) is 4.98 Å². The van der Waals surface area contributed by atoms with E-state index in [1.165, 1.54) is 27.6 Å². The number of nitrogens with one attached hydrogen (secondary N) is 1. The van der Waals surface area contributed by atoms with Crippen molar-refractivity contribution in [2.75, 3.05) is 6.54 Å². The number of H-pyrrole nitrogens is 1. The van der Waals surface area contributed by atoms with Crippen molar-refractivity contribution in [1.29, 1.82) is 0 Å². The molecule has 0 fully saturated rings. The molecule has 0 unspecified atom stereocenters. The Morgan fingerprint density at radius 3 is 2.87 bits per heavy atom. The zero-order valence-electron chi connectivity index (χ0n) is 9.43. The highest BCUT2D eigenvalue weighted by Gasteiger charge is 2.06. The van der Waals surface area contributed by atoms with Gasteiger partial charge in [0, 0.05) is 17.1 Å². The lowest BCUT2D eigenvalue weighted by atomic mass is 9.98. The number of aromatic nitrogens is 1. The van der Waals surface area contributed by atoms with E-state index in [1.54, 1.807) is 0 Å². The minimum atomic E-state index is 0.759. The third-order valence-electron chi connectivity index (χ3n) is 3.10. The number of aromatic amines is 1. The van der Waals surface area contributed by atoms with Crippen LogP contribution in [0.25, 0.3) is 10.9 Å². The van der Waals surface area contributed by atoms with Gasteiger partial charge in [-0.1, -0.05) is 6.07 Å². The molecule has 15 heavy (non-hydrogen) atoms. The maximum atomic E-state index is 5.55. The van der Waals surface area contributed by atoms with Gasteiger partial charge in [0.05, 0.1) is 0 Å². The first-order chi connectivity index (χ1) is 7.24. The number of nitrogens with two attached hydrogens (primary N) is 1. The van der Waals surface area contributed by atoms with E-state index in [-0.39, 0.29) is 0 Å². The van der Waals surface area contributed by atoms with Gasteiger partial charge in [-0.05, 0) is 56.0 Å². The van der Waals surface area contributed by atoms with Crippen molar-refractivity contribution in [2.24, 2.45) is 5.73 Å². The molecule has 2 rings (SSSR count). The lowest BCUT2D eigenvalue weighted by Crippen LogP contribution is -2.01. The molecule has 0 aliphatic carbocycles. The summed E-state index contributed by atoms with van der Waals surface area (Å²) < 4.78 is 0. The Hall–Kier alpha value is -1.28. The molecule has 0 saturated carbocycles. The number of fused-ring (bicyclic) bond motifs is 1. The highest BCUT2D eigenvalue weighted by molar-refractivity contribution is 5.86. The van der Waals surface area contributed by atoms with E-state index in [4.69, 9.17) is 5.73 Å². The van der Waals surface area contributed by atoms with Crippen LogP contribution in [-0.2, 0) is 6.42 Å². The first-order valence-electron chi connectivity index (χ1n) is 5.50. The maximum Gasteiger partial charge on any atom is 0.0489 e. The lowest BCUT2D eigenvalue weighted by Gasteiger charge is -2.08. The normalized spacial score (nSPS) is 11.1. The fourth-order valence-electron chi connectivity index (χ4n) is 2.09. The molecule has 3 N–H and O–H groups in total. The Kier molecular flexibility index (Phi) is 2.78. The van der Waals surface area contributed by atoms with E-state index < -0.39 is 0 Å². The van der Waals surface area contributed by atoms with Crippen LogP contribution in [0.1, 0.15) is 23.1 Å². The molecule has 0 spiro atoms. The number of aryl methyl sites for hydroxylation is 3. The molecular weight excluding hydrogens is 184 g/mol. The Bertz CT molecular complexity index is 469. The van der Waals surface area contributed by atoms with Gasteiger partial charge in [-0.15, -0.1) is 0 Å². The number of hydrogen-bond acceptors (Lipinski definition) is 1. The Morgan fingerprint density at radius 1 is 1.33 bits per heavy atom. The molecule has 0 radical (unpaired) electrons. The fourth-order valence-corrected chi connectivity index (χ4v) is 2.09. The van der Waals surface area contributed by atoms with Crippen LogP contribution in [0.3, 0.4) is 0 Å². The maximum absolute atomic E-state index is 5.55. The monoisotopic (exact) mass is 202 g/mol. The third kappa shape index (κ3) is 1.77. The number of benzene rings is 1. The van der Waals surface area contributed by atoms with E-state index >= 15 is 0 Å². The summed E-state index contributed by atoms with van der Waals surface area (Å²) in [7, 11) is 0. The smallest absolute Gasteiger partial charge is 0.0489 e. The van der Waals surface area contributed by atoms with E-state index in [9.17, 15) is 0 Å². The molecule has 1 aromatic carbocycles. The summed E-state index contributed by atoms with van der Waals surface area (Å²) in [5.41, 5.74) is 11.0. The quantitative estimate of drug-likeness (QED) is 0.789. The number of hydrogen-bond donors (Lipinski definition) is 2. The predicted molar refractivity (Wildman–Crippen MR) is 65.1 cm³/mol. The molecule has 2 aromatic rings. The highest BCUT2D eigenvalue weighted by atomic mass is 14.7. The Morgan fingerprint density at radius 2 is 2.13 bits per heavy atom. The van der Waals surface area contributed by atoms with Crippen molar-refractivity contribution < 1.29 is 0 Å². The van der Waals surface area contributed by atoms with Gasteiger partial charge in [0.2, 0.25) is 0 Å². The van der Waals surface area contributed by atoms with Gasteiger partial charge < -0.3 is 10.7 Å². The molecule has 2 nitrogen and oxygen atoms in total. The SMILES string of the molecule is Cc1cc(CCCN)c2[nH]ccc2c1C. The van der Waals surface area contributed by atoms with Crippen molar-refractivity contribution >= 4 is 10.9 Å². The summed E-state index contributed by atoms with van der Waals surface area (Å²) in [6.45, 7) is 5.11. The largest absolute Gasteiger partial charge is 0.361 e. The van der Waals surface area contributed by atoms with Crippen LogP contribution >= 0.6 is 0 Å². The molecule has 1 aromatic heterocycles. The van der Waals surface area contributed by atoms with Crippen LogP contribution in [-0.4, -0.2) is 11.5 Å². The first kappa shape index (κ1) is 10.2. The molecule has 0 aliphatic heterocycles. The van der Waals surface area contributed by atoms with Crippen molar-refractivity contribution in [3.63, 3.8) is 0 Å². The molecule has 0 bridgehead atoms. The van der Waals surface area contributed by atoms with Crippen molar-refractivity contribution in [3.05, 3.63) is 35.0 Å². The Balaban J connectivity index is 2.53. The summed E-state index contributed by atoms with van der Waals surface area (Å²) in [5, 5.41) is 1.35. The zero-order valence-corrected chi connectivity index (χ0v) is 9.43. The van der Waals surface area contributed by atoms with Gasteiger partial charge in [-0.25, -0.2) is 0 Å². The molecule has 0 saturated heterocycles. The van der Waals surface area contributed by atoms with Crippen LogP contribution in [0.2, 0.25) is 0 Å². The van der Waals surface area contributed by atoms with Gasteiger partial charge in [0.25, 0.3) is 0 Å². The molecule has 0 aliphatic rings. The van der Waals surface area contributed by atoms with E-state index in [1.807, 2.05) is 6.20 Å². The van der Waals surface area contributed by atoms with Gasteiger partial charge in [0.1, 0.15) is 0 Å². The van der Waals surface area contributed by atoms with Crippen molar-refractivity contribution in [2.45, 2.75) is 26.7 Å². The molecule has 0 atom stereocenters. The standard InChI is InChI=1S/C13H18N2/c1-9-8-11(4-3-6-14)13-12(10(9)2)5-7-15-13/h5,7-8,15H,3-4,6,14H2,1-2H3. The molecule has 2 heteroatoms. The van der Waals surface area contributed by atoms with E-state index in [0.717, 1.165) is 19.4 Å². The third-order valence-corrected chi connectivity index (χ3v) is 3.10. The Labute approximate surface area is 90.5 Å². The molecule has 1 heterocycles. The van der Waals surface area contributed by atoms with Gasteiger partial charge in [-0.2, -0.15) is 0 Å². The molecule has 80 valence electrons. The second-order valence-corrected chi connectivity index (χ2v) is 4.14. The fraction of sp³-hybridized carbons (Fsp3) is 0.385. The predicted octanol–water partition coefficient (Wildman–Crippen LogP) is 2.68. The van der Waals surface area contributed by atoms with Crippen LogP contribution in [0.5, 0.6) is 0 Å². The minimum Gasteiger partial charge on any atom is -0.361 e. The van der Waals surface area contributed by atoms with E-state index in [0.29, 0.717) is 0 Å². The van der Waals surface area contributed by atoms with Crippen LogP contribution in [0.15, 0.2) is 18.3 Å². The van der Waals surface area contributed by atoms with Gasteiger partial charge in [0.15, 0.2) is 0 Å². The number of rotatable bonds is 3. The zero-order chi connectivity index (χ0) is 10.8. The van der Waals surface area contributed by atoms with Crippen LogP contribution in [0, 0.1) is 13.8 Å².